The van der Waals surface area contributed by atoms with Crippen molar-refractivity contribution in [1.82, 2.24) is 34.9 Å². The Morgan fingerprint density at radius 3 is 2.61 bits per heavy atom. The molecular weight excluding hydrogens is 558 g/mol. The lowest BCUT2D eigenvalue weighted by molar-refractivity contribution is 0.0916. The predicted molar refractivity (Wildman–Crippen MR) is 168 cm³/mol. The number of hydrogen-bond donors (Lipinski definition) is 2. The molecule has 0 bridgehead atoms. The molecule has 1 saturated heterocycles. The monoisotopic (exact) mass is 597 g/mol. The highest BCUT2D eigenvalue weighted by molar-refractivity contribution is 5.95. The average molecular weight is 598 g/mol. The molecular formula is C32H39N9O3. The van der Waals surface area contributed by atoms with Gasteiger partial charge in [0.25, 0.3) is 5.91 Å². The highest BCUT2D eigenvalue weighted by Crippen LogP contribution is 2.39. The minimum Gasteiger partial charge on any atom is -0.495 e. The van der Waals surface area contributed by atoms with E-state index in [9.17, 15) is 4.79 Å². The Labute approximate surface area is 257 Å². The summed E-state index contributed by atoms with van der Waals surface area (Å²) >= 11 is 0. The Bertz CT molecular complexity index is 1600. The van der Waals surface area contributed by atoms with Crippen molar-refractivity contribution in [3.05, 3.63) is 71.9 Å². The summed E-state index contributed by atoms with van der Waals surface area (Å²) in [5.74, 6) is 3.30. The zero-order chi connectivity index (χ0) is 30.6. The first-order valence-corrected chi connectivity index (χ1v) is 15.2. The van der Waals surface area contributed by atoms with Crippen LogP contribution in [0.1, 0.15) is 60.9 Å². The Morgan fingerprint density at radius 1 is 1.09 bits per heavy atom. The maximum atomic E-state index is 13.0. The largest absolute Gasteiger partial charge is 0.495 e. The molecule has 4 heterocycles. The number of carbonyl (C=O) groups excluding carboxylic acids is 1. The SMILES string of the molecule is CCOc1ccc(CN2c3nc(Nc4ccc(C(=O)NC5CCN(C)CC5)cc4OC)ncc3-n3cnnc3[C@H]2CC)cc1. The van der Waals surface area contributed by atoms with Gasteiger partial charge in [0.05, 0.1) is 31.6 Å². The number of rotatable bonds is 10. The number of nitrogens with one attached hydrogen (secondary N) is 2. The van der Waals surface area contributed by atoms with Crippen molar-refractivity contribution in [3.8, 4) is 17.2 Å². The highest BCUT2D eigenvalue weighted by atomic mass is 16.5. The second kappa shape index (κ2) is 12.9. The molecule has 2 aromatic carbocycles. The van der Waals surface area contributed by atoms with Gasteiger partial charge in [-0.15, -0.1) is 10.2 Å². The van der Waals surface area contributed by atoms with E-state index in [1.54, 1.807) is 31.8 Å². The number of piperidine rings is 1. The molecule has 4 aromatic rings. The van der Waals surface area contributed by atoms with E-state index in [-0.39, 0.29) is 18.0 Å². The van der Waals surface area contributed by atoms with Crippen molar-refractivity contribution in [2.45, 2.75) is 51.7 Å². The molecule has 2 N–H and O–H groups in total. The number of anilines is 3. The fraction of sp³-hybridized carbons (Fsp3) is 0.406. The number of ether oxygens (including phenoxy) is 2. The summed E-state index contributed by atoms with van der Waals surface area (Å²) in [6, 6.07) is 13.6. The second-order valence-corrected chi connectivity index (χ2v) is 11.2. The number of nitrogens with zero attached hydrogens (tertiary/aromatic N) is 7. The van der Waals surface area contributed by atoms with Crippen molar-refractivity contribution in [1.29, 1.82) is 0 Å². The van der Waals surface area contributed by atoms with Crippen LogP contribution in [0, 0.1) is 0 Å². The standard InChI is InChI=1S/C32H39N9O3/c1-5-26-30-38-34-20-41(30)27-18-33-32(37-29(27)40(26)19-21-7-10-24(11-8-21)44-6-2)36-25-12-9-22(17-28(25)43-4)31(42)35-23-13-15-39(3)16-14-23/h7-12,17-18,20,23,26H,5-6,13-16,19H2,1-4H3,(H,35,42)(H,33,36,37)/t26-/m1/s1. The van der Waals surface area contributed by atoms with Crippen molar-refractivity contribution >= 4 is 23.4 Å². The maximum Gasteiger partial charge on any atom is 0.251 e. The van der Waals surface area contributed by atoms with Gasteiger partial charge in [0.1, 0.15) is 23.5 Å². The first kappa shape index (κ1) is 29.4. The fourth-order valence-electron chi connectivity index (χ4n) is 5.87. The number of hydrogen-bond acceptors (Lipinski definition) is 10. The third-order valence-corrected chi connectivity index (χ3v) is 8.27. The Kier molecular flexibility index (Phi) is 8.60. The molecule has 0 unspecified atom stereocenters. The van der Waals surface area contributed by atoms with Crippen molar-refractivity contribution in [3.63, 3.8) is 0 Å². The lowest BCUT2D eigenvalue weighted by Gasteiger charge is -2.37. The van der Waals surface area contributed by atoms with E-state index >= 15 is 0 Å². The molecule has 1 amide bonds. The molecule has 12 heteroatoms. The molecule has 0 spiro atoms. The number of amides is 1. The number of benzene rings is 2. The summed E-state index contributed by atoms with van der Waals surface area (Å²) < 4.78 is 13.3. The number of carbonyl (C=O) groups is 1. The summed E-state index contributed by atoms with van der Waals surface area (Å²) in [4.78, 5) is 27.2. The van der Waals surface area contributed by atoms with E-state index in [1.165, 1.54) is 0 Å². The Morgan fingerprint density at radius 2 is 1.89 bits per heavy atom. The van der Waals surface area contributed by atoms with E-state index in [0.29, 0.717) is 36.1 Å². The Balaban J connectivity index is 1.26. The smallest absolute Gasteiger partial charge is 0.251 e. The quantitative estimate of drug-likeness (QED) is 0.270. The van der Waals surface area contributed by atoms with Gasteiger partial charge in [-0.2, -0.15) is 4.98 Å². The molecule has 0 saturated carbocycles. The number of aromatic nitrogens is 5. The summed E-state index contributed by atoms with van der Waals surface area (Å²) in [7, 11) is 3.69. The second-order valence-electron chi connectivity index (χ2n) is 11.2. The molecule has 0 radical (unpaired) electrons. The van der Waals surface area contributed by atoms with Crippen LogP contribution in [0.5, 0.6) is 11.5 Å². The molecule has 230 valence electrons. The first-order chi connectivity index (χ1) is 21.5. The van der Waals surface area contributed by atoms with Crippen molar-refractivity contribution in [2.75, 3.05) is 44.1 Å². The summed E-state index contributed by atoms with van der Waals surface area (Å²) in [6.07, 6.45) is 6.20. The third-order valence-electron chi connectivity index (χ3n) is 8.27. The summed E-state index contributed by atoms with van der Waals surface area (Å²) in [5, 5.41) is 15.1. The van der Waals surface area contributed by atoms with E-state index in [0.717, 1.165) is 61.0 Å². The van der Waals surface area contributed by atoms with Crippen LogP contribution in [0.2, 0.25) is 0 Å². The van der Waals surface area contributed by atoms with Gasteiger partial charge < -0.3 is 29.9 Å². The molecule has 1 fully saturated rings. The normalized spacial score (nSPS) is 16.6. The van der Waals surface area contributed by atoms with Gasteiger partial charge in [0, 0.05) is 18.2 Å². The first-order valence-electron chi connectivity index (χ1n) is 15.2. The zero-order valence-electron chi connectivity index (χ0n) is 25.7. The highest BCUT2D eigenvalue weighted by Gasteiger charge is 2.34. The van der Waals surface area contributed by atoms with Crippen LogP contribution in [0.15, 0.2) is 55.0 Å². The molecule has 6 rings (SSSR count). The molecule has 2 aliphatic rings. The minimum absolute atomic E-state index is 0.0313. The van der Waals surface area contributed by atoms with Crippen LogP contribution in [0.3, 0.4) is 0 Å². The van der Waals surface area contributed by atoms with Crippen LogP contribution >= 0.6 is 0 Å². The van der Waals surface area contributed by atoms with Gasteiger partial charge in [-0.05, 0) is 82.2 Å². The number of methoxy groups -OCH3 is 1. The van der Waals surface area contributed by atoms with Gasteiger partial charge in [-0.3, -0.25) is 9.36 Å². The maximum absolute atomic E-state index is 13.0. The predicted octanol–water partition coefficient (Wildman–Crippen LogP) is 4.50. The third kappa shape index (κ3) is 6.02. The molecule has 1 atom stereocenters. The van der Waals surface area contributed by atoms with Gasteiger partial charge in [-0.1, -0.05) is 19.1 Å². The van der Waals surface area contributed by atoms with E-state index < -0.39 is 0 Å². The molecule has 44 heavy (non-hydrogen) atoms. The molecule has 2 aromatic heterocycles. The van der Waals surface area contributed by atoms with Crippen molar-refractivity contribution < 1.29 is 14.3 Å². The Hall–Kier alpha value is -4.71. The minimum atomic E-state index is -0.102. The fourth-order valence-corrected chi connectivity index (χ4v) is 5.87. The lowest BCUT2D eigenvalue weighted by Crippen LogP contribution is -2.43. The van der Waals surface area contributed by atoms with Crippen LogP contribution < -0.4 is 25.0 Å². The van der Waals surface area contributed by atoms with Crippen LogP contribution in [0.4, 0.5) is 17.5 Å². The summed E-state index contributed by atoms with van der Waals surface area (Å²) in [6.45, 7) is 7.31. The van der Waals surface area contributed by atoms with Gasteiger partial charge in [0.2, 0.25) is 5.95 Å². The molecule has 12 nitrogen and oxygen atoms in total. The lowest BCUT2D eigenvalue weighted by atomic mass is 10.0. The molecule has 2 aliphatic heterocycles. The van der Waals surface area contributed by atoms with E-state index in [1.807, 2.05) is 29.7 Å². The molecule has 0 aliphatic carbocycles. The van der Waals surface area contributed by atoms with E-state index in [2.05, 4.69) is 61.7 Å². The van der Waals surface area contributed by atoms with E-state index in [4.69, 9.17) is 14.5 Å². The topological polar surface area (TPSA) is 123 Å². The van der Waals surface area contributed by atoms with Gasteiger partial charge in [-0.25, -0.2) is 4.98 Å². The van der Waals surface area contributed by atoms with Crippen molar-refractivity contribution in [2.24, 2.45) is 0 Å². The number of likely N-dealkylation sites (tertiary alicyclic amines) is 1. The number of fused-ring (bicyclic) bond motifs is 3. The van der Waals surface area contributed by atoms with Gasteiger partial charge in [0.15, 0.2) is 11.6 Å². The summed E-state index contributed by atoms with van der Waals surface area (Å²) in [5.41, 5.74) is 3.13. The van der Waals surface area contributed by atoms with Gasteiger partial charge >= 0.3 is 0 Å². The zero-order valence-corrected chi connectivity index (χ0v) is 25.7. The van der Waals surface area contributed by atoms with Crippen LogP contribution in [-0.4, -0.2) is 75.4 Å². The average Bonchev–Trinajstić information content (AvgIpc) is 3.53. The van der Waals surface area contributed by atoms with Crippen LogP contribution in [-0.2, 0) is 6.54 Å². The van der Waals surface area contributed by atoms with Crippen LogP contribution in [0.25, 0.3) is 5.69 Å².